The van der Waals surface area contributed by atoms with Crippen LogP contribution in [0.2, 0.25) is 0 Å². The van der Waals surface area contributed by atoms with Crippen molar-refractivity contribution in [2.24, 2.45) is 0 Å². The Morgan fingerprint density at radius 3 is 2.04 bits per heavy atom. The number of para-hydroxylation sites is 2. The van der Waals surface area contributed by atoms with Crippen LogP contribution >= 0.6 is 0 Å². The third kappa shape index (κ3) is 7.47. The Kier molecular flexibility index (Phi) is 9.63. The third-order valence-corrected chi connectivity index (χ3v) is 4.82. The van der Waals surface area contributed by atoms with Gasteiger partial charge in [0, 0.05) is 18.8 Å². The lowest BCUT2D eigenvalue weighted by molar-refractivity contribution is -0.116. The van der Waals surface area contributed by atoms with Crippen molar-refractivity contribution in [2.45, 2.75) is 77.6 Å². The number of benzene rings is 1. The topological polar surface area (TPSA) is 34.0 Å². The maximum Gasteiger partial charge on any atom is 0.224 e. The molecule has 26 heavy (non-hydrogen) atoms. The van der Waals surface area contributed by atoms with E-state index in [0.717, 1.165) is 24.2 Å². The Labute approximate surface area is 158 Å². The van der Waals surface area contributed by atoms with E-state index in [1.54, 1.807) is 0 Å². The number of rotatable bonds is 13. The minimum absolute atomic E-state index is 0.115. The van der Waals surface area contributed by atoms with E-state index < -0.39 is 0 Å². The van der Waals surface area contributed by atoms with E-state index >= 15 is 0 Å². The minimum Gasteiger partial charge on any atom is -0.324 e. The van der Waals surface area contributed by atoms with Crippen LogP contribution in [-0.4, -0.2) is 10.5 Å². The second-order valence-electron chi connectivity index (χ2n) is 7.09. The fourth-order valence-electron chi connectivity index (χ4n) is 3.29. The molecule has 0 bridgehead atoms. The third-order valence-electron chi connectivity index (χ3n) is 4.82. The first-order valence-electron chi connectivity index (χ1n) is 10.3. The highest BCUT2D eigenvalue weighted by Gasteiger charge is 2.07. The molecule has 0 saturated heterocycles. The van der Waals surface area contributed by atoms with Gasteiger partial charge in [-0.1, -0.05) is 76.8 Å². The van der Waals surface area contributed by atoms with Gasteiger partial charge in [-0.25, -0.2) is 0 Å². The summed E-state index contributed by atoms with van der Waals surface area (Å²) in [7, 11) is 0. The molecule has 0 aliphatic carbocycles. The quantitative estimate of drug-likeness (QED) is 0.398. The van der Waals surface area contributed by atoms with Crippen LogP contribution in [-0.2, 0) is 4.79 Å². The molecule has 0 radical (unpaired) electrons. The summed E-state index contributed by atoms with van der Waals surface area (Å²) in [6.45, 7) is 2.26. The van der Waals surface area contributed by atoms with Gasteiger partial charge in [0.25, 0.3) is 0 Å². The van der Waals surface area contributed by atoms with Gasteiger partial charge in [-0.05, 0) is 30.7 Å². The average Bonchev–Trinajstić information content (AvgIpc) is 3.18. The standard InChI is InChI=1S/C23H34N2O/c1-2-3-4-5-6-7-8-9-10-11-18-23(26)24-21-16-12-13-17-22(21)25-19-14-15-20-25/h12-17,19-20H,2-11,18H2,1H3,(H,24,26). The number of nitrogens with zero attached hydrogens (tertiary/aromatic N) is 1. The Bertz CT molecular complexity index is 619. The van der Waals surface area contributed by atoms with E-state index in [1.165, 1.54) is 51.4 Å². The lowest BCUT2D eigenvalue weighted by Crippen LogP contribution is -2.13. The Morgan fingerprint density at radius 1 is 0.808 bits per heavy atom. The summed E-state index contributed by atoms with van der Waals surface area (Å²) in [5.41, 5.74) is 1.88. The number of carbonyl (C=O) groups excluding carboxylic acids is 1. The summed E-state index contributed by atoms with van der Waals surface area (Å²) in [5.74, 6) is 0.115. The molecule has 1 heterocycles. The zero-order valence-electron chi connectivity index (χ0n) is 16.3. The van der Waals surface area contributed by atoms with Crippen molar-refractivity contribution in [3.63, 3.8) is 0 Å². The van der Waals surface area contributed by atoms with Crippen LogP contribution in [0.15, 0.2) is 48.8 Å². The molecular weight excluding hydrogens is 320 g/mol. The Balaban J connectivity index is 1.60. The van der Waals surface area contributed by atoms with Crippen molar-refractivity contribution in [3.05, 3.63) is 48.8 Å². The predicted octanol–water partition coefficient (Wildman–Crippen LogP) is 6.73. The van der Waals surface area contributed by atoms with Crippen molar-refractivity contribution in [2.75, 3.05) is 5.32 Å². The maximum atomic E-state index is 12.2. The van der Waals surface area contributed by atoms with Gasteiger partial charge in [-0.15, -0.1) is 0 Å². The second-order valence-corrected chi connectivity index (χ2v) is 7.09. The highest BCUT2D eigenvalue weighted by Crippen LogP contribution is 2.20. The second kappa shape index (κ2) is 12.3. The Morgan fingerprint density at radius 2 is 1.38 bits per heavy atom. The first kappa shape index (κ1) is 20.3. The summed E-state index contributed by atoms with van der Waals surface area (Å²) < 4.78 is 2.02. The van der Waals surface area contributed by atoms with Crippen molar-refractivity contribution < 1.29 is 4.79 Å². The molecule has 0 spiro atoms. The number of carbonyl (C=O) groups is 1. The minimum atomic E-state index is 0.115. The zero-order valence-corrected chi connectivity index (χ0v) is 16.3. The van der Waals surface area contributed by atoms with Gasteiger partial charge in [0.1, 0.15) is 0 Å². The van der Waals surface area contributed by atoms with Crippen molar-refractivity contribution in [1.29, 1.82) is 0 Å². The van der Waals surface area contributed by atoms with E-state index in [4.69, 9.17) is 0 Å². The molecule has 0 aliphatic heterocycles. The highest BCUT2D eigenvalue weighted by atomic mass is 16.1. The summed E-state index contributed by atoms with van der Waals surface area (Å²) in [6, 6.07) is 11.9. The molecule has 0 atom stereocenters. The van der Waals surface area contributed by atoms with E-state index in [1.807, 2.05) is 53.4 Å². The number of amides is 1. The first-order valence-corrected chi connectivity index (χ1v) is 10.3. The molecule has 2 rings (SSSR count). The number of hydrogen-bond donors (Lipinski definition) is 1. The molecule has 0 unspecified atom stereocenters. The predicted molar refractivity (Wildman–Crippen MR) is 111 cm³/mol. The van der Waals surface area contributed by atoms with Crippen LogP contribution in [0.5, 0.6) is 0 Å². The van der Waals surface area contributed by atoms with Crippen LogP contribution in [0, 0.1) is 0 Å². The van der Waals surface area contributed by atoms with Gasteiger partial charge in [-0.3, -0.25) is 4.79 Å². The van der Waals surface area contributed by atoms with E-state index in [9.17, 15) is 4.79 Å². The van der Waals surface area contributed by atoms with Gasteiger partial charge in [0.2, 0.25) is 5.91 Å². The molecule has 0 aliphatic rings. The van der Waals surface area contributed by atoms with Crippen molar-refractivity contribution in [3.8, 4) is 5.69 Å². The molecule has 1 amide bonds. The summed E-state index contributed by atoms with van der Waals surface area (Å²) >= 11 is 0. The Hall–Kier alpha value is -2.03. The highest BCUT2D eigenvalue weighted by molar-refractivity contribution is 5.92. The number of aromatic nitrogens is 1. The molecule has 1 aromatic heterocycles. The van der Waals surface area contributed by atoms with Crippen LogP contribution < -0.4 is 5.32 Å². The monoisotopic (exact) mass is 354 g/mol. The largest absolute Gasteiger partial charge is 0.324 e. The van der Waals surface area contributed by atoms with Crippen LogP contribution in [0.25, 0.3) is 5.69 Å². The molecule has 1 aromatic carbocycles. The maximum absolute atomic E-state index is 12.2. The molecule has 3 nitrogen and oxygen atoms in total. The van der Waals surface area contributed by atoms with Gasteiger partial charge >= 0.3 is 0 Å². The van der Waals surface area contributed by atoms with E-state index in [-0.39, 0.29) is 5.91 Å². The smallest absolute Gasteiger partial charge is 0.224 e. The number of nitrogens with one attached hydrogen (secondary N) is 1. The number of anilines is 1. The fraction of sp³-hybridized carbons (Fsp3) is 0.522. The van der Waals surface area contributed by atoms with Crippen LogP contribution in [0.1, 0.15) is 77.6 Å². The normalized spacial score (nSPS) is 10.8. The van der Waals surface area contributed by atoms with Gasteiger partial charge in [0.15, 0.2) is 0 Å². The number of hydrogen-bond acceptors (Lipinski definition) is 1. The molecule has 2 aromatic rings. The summed E-state index contributed by atoms with van der Waals surface area (Å²) in [5, 5.41) is 3.07. The van der Waals surface area contributed by atoms with Crippen molar-refractivity contribution in [1.82, 2.24) is 4.57 Å². The van der Waals surface area contributed by atoms with Crippen molar-refractivity contribution >= 4 is 11.6 Å². The molecule has 0 saturated carbocycles. The summed E-state index contributed by atoms with van der Waals surface area (Å²) in [4.78, 5) is 12.2. The summed E-state index contributed by atoms with van der Waals surface area (Å²) in [6.07, 6.45) is 17.5. The zero-order chi connectivity index (χ0) is 18.5. The molecular formula is C23H34N2O. The van der Waals surface area contributed by atoms with Gasteiger partial charge in [0.05, 0.1) is 11.4 Å². The van der Waals surface area contributed by atoms with E-state index in [2.05, 4.69) is 12.2 Å². The van der Waals surface area contributed by atoms with Gasteiger partial charge in [-0.2, -0.15) is 0 Å². The fourth-order valence-corrected chi connectivity index (χ4v) is 3.29. The lowest BCUT2D eigenvalue weighted by Gasteiger charge is -2.12. The molecule has 0 fully saturated rings. The molecule has 142 valence electrons. The van der Waals surface area contributed by atoms with E-state index in [0.29, 0.717) is 6.42 Å². The average molecular weight is 355 g/mol. The SMILES string of the molecule is CCCCCCCCCCCCC(=O)Nc1ccccc1-n1cccc1. The van der Waals surface area contributed by atoms with Crippen LogP contribution in [0.4, 0.5) is 5.69 Å². The molecule has 1 N–H and O–H groups in total. The van der Waals surface area contributed by atoms with Gasteiger partial charge < -0.3 is 9.88 Å². The lowest BCUT2D eigenvalue weighted by atomic mass is 10.1. The first-order chi connectivity index (χ1) is 12.8. The van der Waals surface area contributed by atoms with Crippen LogP contribution in [0.3, 0.4) is 0 Å². The molecule has 3 heteroatoms. The number of unbranched alkanes of at least 4 members (excludes halogenated alkanes) is 9.